The van der Waals surface area contributed by atoms with Crippen molar-refractivity contribution in [3.8, 4) is 11.5 Å². The molecule has 20 heavy (non-hydrogen) atoms. The summed E-state index contributed by atoms with van der Waals surface area (Å²) in [5.74, 6) is -0.201. The summed E-state index contributed by atoms with van der Waals surface area (Å²) in [6.07, 6.45) is 4.84. The van der Waals surface area contributed by atoms with Gasteiger partial charge in [0, 0.05) is 18.9 Å². The highest BCUT2D eigenvalue weighted by Gasteiger charge is 2.14. The molecule has 2 aromatic heterocycles. The molecule has 0 aliphatic heterocycles. The molecule has 3 aromatic rings. The molecular weight excluding hydrogens is 256 g/mol. The Hall–Kier alpha value is -2.76. The monoisotopic (exact) mass is 268 g/mol. The number of carboxylic acid groups (broad SMARTS) is 1. The van der Waals surface area contributed by atoms with Gasteiger partial charge < -0.3 is 9.67 Å². The number of benzene rings is 1. The summed E-state index contributed by atoms with van der Waals surface area (Å²) < 4.78 is 1.87. The van der Waals surface area contributed by atoms with Crippen LogP contribution in [0.2, 0.25) is 0 Å². The molecule has 3 rings (SSSR count). The molecule has 0 radical (unpaired) electrons. The Labute approximate surface area is 114 Å². The summed E-state index contributed by atoms with van der Waals surface area (Å²) in [7, 11) is 0. The van der Waals surface area contributed by atoms with Gasteiger partial charge in [-0.2, -0.15) is 0 Å². The molecule has 0 bridgehead atoms. The lowest BCUT2D eigenvalue weighted by molar-refractivity contribution is -0.137. The summed E-state index contributed by atoms with van der Waals surface area (Å²) in [6, 6.07) is 7.62. The van der Waals surface area contributed by atoms with E-state index in [1.54, 1.807) is 18.6 Å². The van der Waals surface area contributed by atoms with Gasteiger partial charge in [-0.3, -0.25) is 9.78 Å². The van der Waals surface area contributed by atoms with E-state index in [0.29, 0.717) is 18.1 Å². The molecule has 2 heterocycles. The Kier molecular flexibility index (Phi) is 3.12. The Balaban J connectivity index is 2.15. The van der Waals surface area contributed by atoms with Crippen molar-refractivity contribution < 1.29 is 9.90 Å². The fourth-order valence-corrected chi connectivity index (χ4v) is 2.12. The highest BCUT2D eigenvalue weighted by molar-refractivity contribution is 5.80. The fourth-order valence-electron chi connectivity index (χ4n) is 2.12. The van der Waals surface area contributed by atoms with Crippen molar-refractivity contribution in [3.05, 3.63) is 42.9 Å². The summed E-state index contributed by atoms with van der Waals surface area (Å²) >= 11 is 0. The fraction of sp³-hybridized carbons (Fsp3) is 0.143. The Morgan fingerprint density at radius 3 is 2.85 bits per heavy atom. The third-order valence-corrected chi connectivity index (χ3v) is 3.00. The highest BCUT2D eigenvalue weighted by atomic mass is 16.4. The molecule has 0 saturated heterocycles. The molecule has 6 nitrogen and oxygen atoms in total. The molecule has 0 aliphatic carbocycles. The number of imidazole rings is 1. The largest absolute Gasteiger partial charge is 0.481 e. The van der Waals surface area contributed by atoms with Crippen LogP contribution in [-0.2, 0) is 11.3 Å². The van der Waals surface area contributed by atoms with Crippen LogP contribution in [0.15, 0.2) is 42.9 Å². The van der Waals surface area contributed by atoms with Gasteiger partial charge in [-0.1, -0.05) is 12.1 Å². The average Bonchev–Trinajstić information content (AvgIpc) is 2.84. The van der Waals surface area contributed by atoms with Crippen molar-refractivity contribution in [1.29, 1.82) is 0 Å². The van der Waals surface area contributed by atoms with Crippen LogP contribution in [0.4, 0.5) is 0 Å². The first kappa shape index (κ1) is 12.3. The molecule has 0 fully saturated rings. The minimum atomic E-state index is -0.840. The second kappa shape index (κ2) is 5.08. The molecule has 1 aromatic carbocycles. The third-order valence-electron chi connectivity index (χ3n) is 3.00. The molecule has 1 N–H and O–H groups in total. The van der Waals surface area contributed by atoms with E-state index in [-0.39, 0.29) is 6.42 Å². The molecule has 0 aliphatic rings. The molecule has 0 amide bonds. The van der Waals surface area contributed by atoms with E-state index < -0.39 is 5.97 Å². The van der Waals surface area contributed by atoms with Gasteiger partial charge in [0.2, 0.25) is 0 Å². The number of aliphatic carboxylic acids is 1. The second-order valence-electron chi connectivity index (χ2n) is 4.31. The lowest BCUT2D eigenvalue weighted by Crippen LogP contribution is -2.06. The number of hydrogen-bond acceptors (Lipinski definition) is 4. The average molecular weight is 268 g/mol. The van der Waals surface area contributed by atoms with Crippen molar-refractivity contribution in [2.45, 2.75) is 13.0 Å². The van der Waals surface area contributed by atoms with E-state index in [2.05, 4.69) is 15.0 Å². The van der Waals surface area contributed by atoms with Crippen LogP contribution in [0.1, 0.15) is 6.42 Å². The van der Waals surface area contributed by atoms with Gasteiger partial charge in [0.05, 0.1) is 23.7 Å². The molecule has 100 valence electrons. The second-order valence-corrected chi connectivity index (χ2v) is 4.31. The maximum Gasteiger partial charge on any atom is 0.305 e. The summed E-state index contributed by atoms with van der Waals surface area (Å²) in [5.41, 5.74) is 2.35. The van der Waals surface area contributed by atoms with E-state index in [1.165, 1.54) is 0 Å². The van der Waals surface area contributed by atoms with Crippen molar-refractivity contribution in [1.82, 2.24) is 19.5 Å². The zero-order valence-electron chi connectivity index (χ0n) is 10.6. The molecule has 6 heteroatoms. The predicted octanol–water partition coefficient (Wildman–Crippen LogP) is 1.97. The quantitative estimate of drug-likeness (QED) is 0.782. The van der Waals surface area contributed by atoms with Gasteiger partial charge in [0.1, 0.15) is 5.69 Å². The van der Waals surface area contributed by atoms with Gasteiger partial charge in [-0.25, -0.2) is 9.97 Å². The first-order valence-electron chi connectivity index (χ1n) is 6.19. The number of carbonyl (C=O) groups is 1. The van der Waals surface area contributed by atoms with Crippen molar-refractivity contribution in [2.24, 2.45) is 0 Å². The normalized spacial score (nSPS) is 10.8. The number of rotatable bonds is 4. The van der Waals surface area contributed by atoms with Gasteiger partial charge in [0.25, 0.3) is 0 Å². The number of aryl methyl sites for hydroxylation is 1. The first-order valence-corrected chi connectivity index (χ1v) is 6.19. The van der Waals surface area contributed by atoms with Crippen LogP contribution in [0, 0.1) is 0 Å². The highest BCUT2D eigenvalue weighted by Crippen LogP contribution is 2.23. The van der Waals surface area contributed by atoms with Gasteiger partial charge in [-0.05, 0) is 12.1 Å². The van der Waals surface area contributed by atoms with Gasteiger partial charge >= 0.3 is 5.97 Å². The van der Waals surface area contributed by atoms with Gasteiger partial charge in [-0.15, -0.1) is 0 Å². The maximum absolute atomic E-state index is 10.8. The number of aromatic nitrogens is 4. The zero-order chi connectivity index (χ0) is 13.9. The summed E-state index contributed by atoms with van der Waals surface area (Å²) in [4.78, 5) is 23.6. The molecule has 0 spiro atoms. The summed E-state index contributed by atoms with van der Waals surface area (Å²) in [5, 5.41) is 8.88. The third kappa shape index (κ3) is 2.23. The van der Waals surface area contributed by atoms with Crippen LogP contribution in [0.3, 0.4) is 0 Å². The van der Waals surface area contributed by atoms with Gasteiger partial charge in [0.15, 0.2) is 5.82 Å². The summed E-state index contributed by atoms with van der Waals surface area (Å²) in [6.45, 7) is 0.349. The number of fused-ring (bicyclic) bond motifs is 1. The standard InChI is InChI=1S/C14H12N4O2/c19-13(20)5-8-18-12-4-2-1-3-10(12)17-14(18)11-9-15-6-7-16-11/h1-4,6-7,9H,5,8H2,(H,19,20). The van der Waals surface area contributed by atoms with E-state index in [9.17, 15) is 4.79 Å². The lowest BCUT2D eigenvalue weighted by atomic mass is 10.3. The molecule has 0 saturated carbocycles. The Bertz CT molecular complexity index is 752. The molecular formula is C14H12N4O2. The number of carboxylic acids is 1. The Morgan fingerprint density at radius 1 is 1.25 bits per heavy atom. The lowest BCUT2D eigenvalue weighted by Gasteiger charge is -2.06. The topological polar surface area (TPSA) is 80.9 Å². The van der Waals surface area contributed by atoms with E-state index in [1.807, 2.05) is 28.8 Å². The SMILES string of the molecule is O=C(O)CCn1c(-c2cnccn2)nc2ccccc21. The zero-order valence-corrected chi connectivity index (χ0v) is 10.6. The van der Waals surface area contributed by atoms with E-state index in [4.69, 9.17) is 5.11 Å². The smallest absolute Gasteiger partial charge is 0.305 e. The van der Waals surface area contributed by atoms with Crippen LogP contribution >= 0.6 is 0 Å². The van der Waals surface area contributed by atoms with Crippen molar-refractivity contribution in [2.75, 3.05) is 0 Å². The number of hydrogen-bond donors (Lipinski definition) is 1. The number of para-hydroxylation sites is 2. The minimum absolute atomic E-state index is 0.0353. The molecule has 0 unspecified atom stereocenters. The minimum Gasteiger partial charge on any atom is -0.481 e. The van der Waals surface area contributed by atoms with Crippen LogP contribution in [-0.4, -0.2) is 30.6 Å². The van der Waals surface area contributed by atoms with Crippen LogP contribution in [0.5, 0.6) is 0 Å². The van der Waals surface area contributed by atoms with Crippen LogP contribution < -0.4 is 0 Å². The molecule has 0 atom stereocenters. The van der Waals surface area contributed by atoms with E-state index >= 15 is 0 Å². The number of nitrogens with zero attached hydrogens (tertiary/aromatic N) is 4. The maximum atomic E-state index is 10.8. The van der Waals surface area contributed by atoms with Crippen molar-refractivity contribution in [3.63, 3.8) is 0 Å². The Morgan fingerprint density at radius 2 is 2.10 bits per heavy atom. The first-order chi connectivity index (χ1) is 9.75. The van der Waals surface area contributed by atoms with Crippen LogP contribution in [0.25, 0.3) is 22.6 Å². The predicted molar refractivity (Wildman–Crippen MR) is 73.0 cm³/mol. The van der Waals surface area contributed by atoms with E-state index in [0.717, 1.165) is 11.0 Å². The van der Waals surface area contributed by atoms with Crippen molar-refractivity contribution >= 4 is 17.0 Å².